The van der Waals surface area contributed by atoms with Gasteiger partial charge in [0.2, 0.25) is 5.91 Å². The van der Waals surface area contributed by atoms with Crippen LogP contribution in [0.5, 0.6) is 0 Å². The van der Waals surface area contributed by atoms with E-state index in [1.54, 1.807) is 12.1 Å². The highest BCUT2D eigenvalue weighted by molar-refractivity contribution is 7.99. The lowest BCUT2D eigenvalue weighted by molar-refractivity contribution is -0.140. The third-order valence-electron chi connectivity index (χ3n) is 3.23. The van der Waals surface area contributed by atoms with Crippen molar-refractivity contribution in [3.8, 4) is 11.7 Å². The van der Waals surface area contributed by atoms with Gasteiger partial charge in [-0.3, -0.25) is 4.79 Å². The molecule has 2 aromatic rings. The highest BCUT2D eigenvalue weighted by Crippen LogP contribution is 2.24. The van der Waals surface area contributed by atoms with Gasteiger partial charge >= 0.3 is 0 Å². The van der Waals surface area contributed by atoms with Crippen molar-refractivity contribution in [3.63, 3.8) is 0 Å². The third-order valence-corrected chi connectivity index (χ3v) is 4.03. The first-order chi connectivity index (χ1) is 10.6. The van der Waals surface area contributed by atoms with Crippen molar-refractivity contribution in [2.24, 2.45) is 0 Å². The van der Waals surface area contributed by atoms with E-state index in [1.165, 1.54) is 18.0 Å². The zero-order valence-electron chi connectivity index (χ0n) is 12.4. The van der Waals surface area contributed by atoms with Crippen LogP contribution < -0.4 is 0 Å². The van der Waals surface area contributed by atoms with Gasteiger partial charge < -0.3 is 18.5 Å². The Balaban J connectivity index is 1.55. The van der Waals surface area contributed by atoms with Gasteiger partial charge in [-0.1, -0.05) is 11.8 Å². The van der Waals surface area contributed by atoms with Crippen LogP contribution in [0.25, 0.3) is 11.7 Å². The number of rotatable bonds is 4. The van der Waals surface area contributed by atoms with E-state index < -0.39 is 0 Å². The molecule has 0 N–H and O–H groups in total. The number of nitrogens with zero attached hydrogens (tertiary/aromatic N) is 3. The average molecular weight is 323 g/mol. The van der Waals surface area contributed by atoms with Crippen molar-refractivity contribution in [2.45, 2.75) is 31.3 Å². The number of carbonyl (C=O) groups excluding carboxylic acids is 1. The predicted octanol–water partition coefficient (Wildman–Crippen LogP) is 2.06. The molecule has 2 unspecified atom stereocenters. The smallest absolute Gasteiger partial charge is 0.284 e. The van der Waals surface area contributed by atoms with E-state index in [0.29, 0.717) is 30.0 Å². The molecule has 1 saturated heterocycles. The lowest BCUT2D eigenvalue weighted by Crippen LogP contribution is -2.48. The van der Waals surface area contributed by atoms with Crippen LogP contribution in [0.4, 0.5) is 0 Å². The Kier molecular flexibility index (Phi) is 4.49. The predicted molar refractivity (Wildman–Crippen MR) is 79.3 cm³/mol. The largest absolute Gasteiger partial charge is 0.459 e. The Morgan fingerprint density at radius 3 is 2.82 bits per heavy atom. The van der Waals surface area contributed by atoms with Gasteiger partial charge in [0.05, 0.1) is 24.2 Å². The van der Waals surface area contributed by atoms with Crippen LogP contribution in [-0.2, 0) is 9.53 Å². The van der Waals surface area contributed by atoms with E-state index in [1.807, 2.05) is 18.7 Å². The minimum absolute atomic E-state index is 0.0461. The minimum atomic E-state index is 0.0461. The van der Waals surface area contributed by atoms with Crippen LogP contribution in [-0.4, -0.2) is 52.1 Å². The summed E-state index contributed by atoms with van der Waals surface area (Å²) in [5.74, 6) is 1.14. The van der Waals surface area contributed by atoms with Crippen LogP contribution in [0.3, 0.4) is 0 Å². The van der Waals surface area contributed by atoms with E-state index >= 15 is 0 Å². The summed E-state index contributed by atoms with van der Waals surface area (Å²) >= 11 is 1.23. The van der Waals surface area contributed by atoms with Crippen molar-refractivity contribution < 1.29 is 18.4 Å². The second-order valence-electron chi connectivity index (χ2n) is 5.20. The monoisotopic (exact) mass is 323 g/mol. The summed E-state index contributed by atoms with van der Waals surface area (Å²) in [6.45, 7) is 5.17. The average Bonchev–Trinajstić information content (AvgIpc) is 3.14. The topological polar surface area (TPSA) is 81.6 Å². The maximum atomic E-state index is 12.2. The number of thioether (sulfide) groups is 1. The van der Waals surface area contributed by atoms with Crippen LogP contribution in [0.1, 0.15) is 13.8 Å². The van der Waals surface area contributed by atoms with Crippen molar-refractivity contribution in [2.75, 3.05) is 18.8 Å². The van der Waals surface area contributed by atoms with Gasteiger partial charge in [-0.15, -0.1) is 10.2 Å². The summed E-state index contributed by atoms with van der Waals surface area (Å²) in [6, 6.07) is 3.49. The molecule has 7 nitrogen and oxygen atoms in total. The molecule has 2 atom stereocenters. The molecule has 0 aliphatic carbocycles. The summed E-state index contributed by atoms with van der Waals surface area (Å²) in [4.78, 5) is 14.1. The molecule has 0 bridgehead atoms. The molecule has 3 rings (SSSR count). The van der Waals surface area contributed by atoms with Gasteiger partial charge in [-0.05, 0) is 26.0 Å². The Labute approximate surface area is 132 Å². The quantitative estimate of drug-likeness (QED) is 0.796. The van der Waals surface area contributed by atoms with Crippen LogP contribution in [0.15, 0.2) is 32.5 Å². The van der Waals surface area contributed by atoms with Crippen molar-refractivity contribution in [3.05, 3.63) is 18.4 Å². The Hall–Kier alpha value is -1.80. The summed E-state index contributed by atoms with van der Waals surface area (Å²) in [5.41, 5.74) is 0. The van der Waals surface area contributed by atoms with Crippen molar-refractivity contribution in [1.82, 2.24) is 15.1 Å². The Bertz CT molecular complexity index is 618. The number of amides is 1. The van der Waals surface area contributed by atoms with Gasteiger partial charge in [0, 0.05) is 13.1 Å². The fraction of sp³-hybridized carbons (Fsp3) is 0.500. The fourth-order valence-electron chi connectivity index (χ4n) is 2.36. The van der Waals surface area contributed by atoms with E-state index in [0.717, 1.165) is 0 Å². The number of hydrogen-bond acceptors (Lipinski definition) is 7. The van der Waals surface area contributed by atoms with Gasteiger partial charge in [0.25, 0.3) is 11.1 Å². The van der Waals surface area contributed by atoms with Gasteiger partial charge in [-0.2, -0.15) is 0 Å². The first-order valence-electron chi connectivity index (χ1n) is 7.05. The minimum Gasteiger partial charge on any atom is -0.459 e. The first kappa shape index (κ1) is 15.1. The molecule has 1 amide bonds. The first-order valence-corrected chi connectivity index (χ1v) is 8.04. The third kappa shape index (κ3) is 3.50. The zero-order chi connectivity index (χ0) is 15.5. The van der Waals surface area contributed by atoms with Crippen LogP contribution >= 0.6 is 11.8 Å². The van der Waals surface area contributed by atoms with E-state index in [9.17, 15) is 4.79 Å². The van der Waals surface area contributed by atoms with Gasteiger partial charge in [-0.25, -0.2) is 0 Å². The zero-order valence-corrected chi connectivity index (χ0v) is 13.2. The maximum absolute atomic E-state index is 12.2. The number of morpholine rings is 1. The highest BCUT2D eigenvalue weighted by atomic mass is 32.2. The van der Waals surface area contributed by atoms with Crippen LogP contribution in [0, 0.1) is 0 Å². The van der Waals surface area contributed by atoms with Crippen molar-refractivity contribution >= 4 is 17.7 Å². The summed E-state index contributed by atoms with van der Waals surface area (Å²) in [7, 11) is 0. The molecule has 1 fully saturated rings. The highest BCUT2D eigenvalue weighted by Gasteiger charge is 2.26. The molecule has 1 aliphatic heterocycles. The molecular formula is C14H17N3O4S. The van der Waals surface area contributed by atoms with Gasteiger partial charge in [0.1, 0.15) is 0 Å². The molecule has 1 aliphatic rings. The second-order valence-corrected chi connectivity index (χ2v) is 6.12. The molecule has 8 heteroatoms. The lowest BCUT2D eigenvalue weighted by atomic mass is 10.2. The normalized spacial score (nSPS) is 22.0. The van der Waals surface area contributed by atoms with E-state index in [4.69, 9.17) is 13.6 Å². The van der Waals surface area contributed by atoms with E-state index in [2.05, 4.69) is 10.2 Å². The standard InChI is InChI=1S/C14H17N3O4S/c1-9-6-17(7-10(2)20-9)12(18)8-22-14-16-15-13(21-14)11-4-3-5-19-11/h3-5,9-10H,6-8H2,1-2H3. The fourth-order valence-corrected chi connectivity index (χ4v) is 3.03. The van der Waals surface area contributed by atoms with Crippen LogP contribution in [0.2, 0.25) is 0 Å². The number of furan rings is 1. The van der Waals surface area contributed by atoms with E-state index in [-0.39, 0.29) is 23.9 Å². The Morgan fingerprint density at radius 2 is 2.14 bits per heavy atom. The number of carbonyl (C=O) groups is 1. The molecule has 22 heavy (non-hydrogen) atoms. The summed E-state index contributed by atoms with van der Waals surface area (Å²) in [5, 5.41) is 8.16. The molecule has 0 aromatic carbocycles. The lowest BCUT2D eigenvalue weighted by Gasteiger charge is -2.35. The summed E-state index contributed by atoms with van der Waals surface area (Å²) in [6.07, 6.45) is 1.66. The Morgan fingerprint density at radius 1 is 1.36 bits per heavy atom. The summed E-state index contributed by atoms with van der Waals surface area (Å²) < 4.78 is 16.3. The molecule has 0 spiro atoms. The maximum Gasteiger partial charge on any atom is 0.284 e. The molecule has 0 radical (unpaired) electrons. The number of hydrogen-bond donors (Lipinski definition) is 0. The SMILES string of the molecule is CC1CN(C(=O)CSc2nnc(-c3ccco3)o2)CC(C)O1. The molecule has 3 heterocycles. The molecule has 118 valence electrons. The molecule has 0 saturated carbocycles. The van der Waals surface area contributed by atoms with Gasteiger partial charge in [0.15, 0.2) is 5.76 Å². The number of aromatic nitrogens is 2. The molecule has 2 aromatic heterocycles. The molecular weight excluding hydrogens is 306 g/mol. The second kappa shape index (κ2) is 6.53. The number of ether oxygens (including phenoxy) is 1. The van der Waals surface area contributed by atoms with Crippen molar-refractivity contribution in [1.29, 1.82) is 0 Å².